The zero-order chi connectivity index (χ0) is 13.8. The molecule has 2 rings (SSSR count). The lowest BCUT2D eigenvalue weighted by Gasteiger charge is -2.12. The first-order valence-corrected chi connectivity index (χ1v) is 6.32. The quantitative estimate of drug-likeness (QED) is 0.838. The molecular formula is C15H16N2OS. The molecule has 0 saturated heterocycles. The first-order valence-electron chi connectivity index (χ1n) is 5.91. The van der Waals surface area contributed by atoms with Crippen molar-refractivity contribution in [2.75, 3.05) is 12.4 Å². The van der Waals surface area contributed by atoms with Crippen molar-refractivity contribution in [3.8, 4) is 5.75 Å². The molecule has 2 aromatic rings. The molecular weight excluding hydrogens is 256 g/mol. The zero-order valence-corrected chi connectivity index (χ0v) is 11.8. The Labute approximate surface area is 118 Å². The van der Waals surface area contributed by atoms with E-state index in [1.807, 2.05) is 49.4 Å². The van der Waals surface area contributed by atoms with Gasteiger partial charge in [-0.15, -0.1) is 0 Å². The van der Waals surface area contributed by atoms with E-state index >= 15 is 0 Å². The summed E-state index contributed by atoms with van der Waals surface area (Å²) in [6.45, 7) is 2.03. The summed E-state index contributed by atoms with van der Waals surface area (Å²) >= 11 is 5.07. The predicted octanol–water partition coefficient (Wildman–Crippen LogP) is 3.38. The number of nitrogens with two attached hydrogens (primary N) is 1. The standard InChI is InChI=1S/C15H16N2OS/c1-10-3-8-13(15(16)19)14(9-10)17-11-4-6-12(18-2)7-5-11/h3-9,17H,1-2H3,(H2,16,19). The summed E-state index contributed by atoms with van der Waals surface area (Å²) in [5, 5.41) is 3.32. The van der Waals surface area contributed by atoms with Crippen LogP contribution in [0.15, 0.2) is 42.5 Å². The summed E-state index contributed by atoms with van der Waals surface area (Å²) < 4.78 is 5.13. The maximum atomic E-state index is 5.74. The zero-order valence-electron chi connectivity index (χ0n) is 10.9. The van der Waals surface area contributed by atoms with Crippen LogP contribution in [0, 0.1) is 6.92 Å². The van der Waals surface area contributed by atoms with Gasteiger partial charge in [0, 0.05) is 16.9 Å². The molecule has 0 atom stereocenters. The molecule has 0 spiro atoms. The lowest BCUT2D eigenvalue weighted by molar-refractivity contribution is 0.415. The van der Waals surface area contributed by atoms with Crippen molar-refractivity contribution in [1.82, 2.24) is 0 Å². The van der Waals surface area contributed by atoms with Gasteiger partial charge in [0.25, 0.3) is 0 Å². The number of hydrogen-bond donors (Lipinski definition) is 2. The minimum atomic E-state index is 0.385. The molecule has 0 aliphatic carbocycles. The second kappa shape index (κ2) is 5.71. The predicted molar refractivity (Wildman–Crippen MR) is 83.3 cm³/mol. The average molecular weight is 272 g/mol. The number of anilines is 2. The smallest absolute Gasteiger partial charge is 0.119 e. The Morgan fingerprint density at radius 1 is 1.16 bits per heavy atom. The highest BCUT2D eigenvalue weighted by atomic mass is 32.1. The molecule has 0 saturated carbocycles. The van der Waals surface area contributed by atoms with Gasteiger partial charge < -0.3 is 15.8 Å². The van der Waals surface area contributed by atoms with E-state index in [9.17, 15) is 0 Å². The minimum Gasteiger partial charge on any atom is -0.497 e. The van der Waals surface area contributed by atoms with E-state index in [1.165, 1.54) is 0 Å². The molecule has 0 aromatic heterocycles. The van der Waals surface area contributed by atoms with Gasteiger partial charge in [0.15, 0.2) is 0 Å². The fraction of sp³-hybridized carbons (Fsp3) is 0.133. The summed E-state index contributed by atoms with van der Waals surface area (Å²) in [6.07, 6.45) is 0. The number of aryl methyl sites for hydroxylation is 1. The van der Waals surface area contributed by atoms with Gasteiger partial charge in [0.05, 0.1) is 7.11 Å². The van der Waals surface area contributed by atoms with Crippen molar-refractivity contribution < 1.29 is 4.74 Å². The number of rotatable bonds is 4. The fourth-order valence-electron chi connectivity index (χ4n) is 1.81. The molecule has 0 amide bonds. The number of thiocarbonyl (C=S) groups is 1. The van der Waals surface area contributed by atoms with Gasteiger partial charge in [-0.2, -0.15) is 0 Å². The Kier molecular flexibility index (Phi) is 4.02. The summed E-state index contributed by atoms with van der Waals surface area (Å²) in [6, 6.07) is 13.7. The molecule has 0 heterocycles. The van der Waals surface area contributed by atoms with Crippen molar-refractivity contribution in [3.05, 3.63) is 53.6 Å². The Morgan fingerprint density at radius 2 is 1.84 bits per heavy atom. The molecule has 0 aliphatic rings. The monoisotopic (exact) mass is 272 g/mol. The van der Waals surface area contributed by atoms with Gasteiger partial charge >= 0.3 is 0 Å². The first kappa shape index (κ1) is 13.4. The van der Waals surface area contributed by atoms with Gasteiger partial charge in [0.1, 0.15) is 10.7 Å². The molecule has 0 unspecified atom stereocenters. The molecule has 0 fully saturated rings. The number of methoxy groups -OCH3 is 1. The van der Waals surface area contributed by atoms with Gasteiger partial charge in [-0.1, -0.05) is 18.3 Å². The maximum Gasteiger partial charge on any atom is 0.119 e. The van der Waals surface area contributed by atoms with Gasteiger partial charge in [-0.25, -0.2) is 0 Å². The van der Waals surface area contributed by atoms with Crippen LogP contribution in [-0.4, -0.2) is 12.1 Å². The van der Waals surface area contributed by atoms with Crippen LogP contribution < -0.4 is 15.8 Å². The molecule has 3 N–H and O–H groups in total. The molecule has 0 aliphatic heterocycles. The number of nitrogens with one attached hydrogen (secondary N) is 1. The van der Waals surface area contributed by atoms with Crippen molar-refractivity contribution in [1.29, 1.82) is 0 Å². The van der Waals surface area contributed by atoms with Gasteiger partial charge in [0.2, 0.25) is 0 Å². The molecule has 0 radical (unpaired) electrons. The largest absolute Gasteiger partial charge is 0.497 e. The summed E-state index contributed by atoms with van der Waals surface area (Å²) in [7, 11) is 1.65. The molecule has 2 aromatic carbocycles. The van der Waals surface area contributed by atoms with E-state index in [4.69, 9.17) is 22.7 Å². The van der Waals surface area contributed by atoms with E-state index < -0.39 is 0 Å². The highest BCUT2D eigenvalue weighted by Gasteiger charge is 2.06. The van der Waals surface area contributed by atoms with Crippen LogP contribution in [0.4, 0.5) is 11.4 Å². The van der Waals surface area contributed by atoms with Gasteiger partial charge in [-0.05, 0) is 48.9 Å². The molecule has 98 valence electrons. The van der Waals surface area contributed by atoms with E-state index in [1.54, 1.807) is 7.11 Å². The third kappa shape index (κ3) is 3.23. The highest BCUT2D eigenvalue weighted by Crippen LogP contribution is 2.24. The third-order valence-electron chi connectivity index (χ3n) is 2.81. The van der Waals surface area contributed by atoms with Crippen LogP contribution >= 0.6 is 12.2 Å². The van der Waals surface area contributed by atoms with E-state index in [0.717, 1.165) is 28.3 Å². The van der Waals surface area contributed by atoms with Crippen LogP contribution in [0.25, 0.3) is 0 Å². The highest BCUT2D eigenvalue weighted by molar-refractivity contribution is 7.80. The fourth-order valence-corrected chi connectivity index (χ4v) is 1.98. The molecule has 19 heavy (non-hydrogen) atoms. The second-order valence-corrected chi connectivity index (χ2v) is 4.71. The maximum absolute atomic E-state index is 5.74. The lowest BCUT2D eigenvalue weighted by atomic mass is 10.1. The third-order valence-corrected chi connectivity index (χ3v) is 3.03. The molecule has 3 nitrogen and oxygen atoms in total. The van der Waals surface area contributed by atoms with Crippen molar-refractivity contribution in [3.63, 3.8) is 0 Å². The average Bonchev–Trinajstić information content (AvgIpc) is 2.39. The van der Waals surface area contributed by atoms with Crippen LogP contribution in [0.1, 0.15) is 11.1 Å². The first-order chi connectivity index (χ1) is 9.10. The number of hydrogen-bond acceptors (Lipinski definition) is 3. The Balaban J connectivity index is 2.31. The van der Waals surface area contributed by atoms with Crippen molar-refractivity contribution >= 4 is 28.6 Å². The van der Waals surface area contributed by atoms with Crippen LogP contribution in [0.3, 0.4) is 0 Å². The van der Waals surface area contributed by atoms with E-state index in [-0.39, 0.29) is 0 Å². The van der Waals surface area contributed by atoms with E-state index in [2.05, 4.69) is 5.32 Å². The normalized spacial score (nSPS) is 10.0. The van der Waals surface area contributed by atoms with Crippen LogP contribution in [0.2, 0.25) is 0 Å². The van der Waals surface area contributed by atoms with Crippen LogP contribution in [-0.2, 0) is 0 Å². The minimum absolute atomic E-state index is 0.385. The van der Waals surface area contributed by atoms with Crippen molar-refractivity contribution in [2.45, 2.75) is 6.92 Å². The summed E-state index contributed by atoms with van der Waals surface area (Å²) in [5.41, 5.74) is 9.60. The molecule has 0 bridgehead atoms. The Bertz CT molecular complexity index is 594. The van der Waals surface area contributed by atoms with Gasteiger partial charge in [-0.3, -0.25) is 0 Å². The summed E-state index contributed by atoms with van der Waals surface area (Å²) in [4.78, 5) is 0.385. The number of ether oxygens (including phenoxy) is 1. The SMILES string of the molecule is COc1ccc(Nc2cc(C)ccc2C(N)=S)cc1. The van der Waals surface area contributed by atoms with Crippen LogP contribution in [0.5, 0.6) is 5.75 Å². The number of benzene rings is 2. The van der Waals surface area contributed by atoms with Crippen molar-refractivity contribution in [2.24, 2.45) is 5.73 Å². The summed E-state index contributed by atoms with van der Waals surface area (Å²) in [5.74, 6) is 0.823. The topological polar surface area (TPSA) is 47.3 Å². The molecule has 4 heteroatoms. The second-order valence-electron chi connectivity index (χ2n) is 4.27. The Hall–Kier alpha value is -2.07. The lowest BCUT2D eigenvalue weighted by Crippen LogP contribution is -2.12. The van der Waals surface area contributed by atoms with E-state index in [0.29, 0.717) is 4.99 Å². The Morgan fingerprint density at radius 3 is 2.42 bits per heavy atom.